The number of nitro benzene ring substituents is 1. The van der Waals surface area contributed by atoms with Gasteiger partial charge < -0.3 is 0 Å². The molecule has 0 saturated carbocycles. The number of halogens is 3. The van der Waals surface area contributed by atoms with Crippen LogP contribution in [0.2, 0.25) is 0 Å². The third-order valence-corrected chi connectivity index (χ3v) is 2.09. The van der Waals surface area contributed by atoms with Gasteiger partial charge in [-0.25, -0.2) is 0 Å². The van der Waals surface area contributed by atoms with Crippen LogP contribution in [0, 0.1) is 22.0 Å². The van der Waals surface area contributed by atoms with Crippen molar-refractivity contribution in [3.63, 3.8) is 0 Å². The minimum absolute atomic E-state index is 0.0740. The molecule has 0 aromatic heterocycles. The summed E-state index contributed by atoms with van der Waals surface area (Å²) >= 11 is 0. The highest BCUT2D eigenvalue weighted by Gasteiger charge is 2.32. The first-order valence-electron chi connectivity index (χ1n) is 5.21. The van der Waals surface area contributed by atoms with Gasteiger partial charge in [-0.3, -0.25) is 10.1 Å². The number of nitro groups is 1. The van der Waals surface area contributed by atoms with E-state index in [2.05, 4.69) is 21.9 Å². The lowest BCUT2D eigenvalue weighted by Crippen LogP contribution is -2.06. The number of alkyl halides is 3. The molecule has 20 heavy (non-hydrogen) atoms. The molecular formula is C11H7F3N4O2. The average molecular weight is 284 g/mol. The quantitative estimate of drug-likeness (QED) is 0.161. The Balaban J connectivity index is 3.09. The maximum Gasteiger partial charge on any atom is 0.416 e. The molecule has 104 valence electrons. The van der Waals surface area contributed by atoms with Crippen molar-refractivity contribution in [1.29, 1.82) is 0 Å². The van der Waals surface area contributed by atoms with Crippen molar-refractivity contribution >= 4 is 5.69 Å². The van der Waals surface area contributed by atoms with E-state index in [4.69, 9.17) is 5.53 Å². The molecule has 0 unspecified atom stereocenters. The van der Waals surface area contributed by atoms with Gasteiger partial charge in [-0.15, -0.1) is 0 Å². The molecule has 0 saturated heterocycles. The van der Waals surface area contributed by atoms with E-state index in [1.54, 1.807) is 0 Å². The predicted molar refractivity (Wildman–Crippen MR) is 63.6 cm³/mol. The fourth-order valence-electron chi connectivity index (χ4n) is 1.27. The van der Waals surface area contributed by atoms with E-state index in [9.17, 15) is 23.3 Å². The molecule has 0 N–H and O–H groups in total. The van der Waals surface area contributed by atoms with E-state index in [1.165, 1.54) is 0 Å². The molecule has 0 aliphatic heterocycles. The molecule has 0 amide bonds. The van der Waals surface area contributed by atoms with Crippen LogP contribution in [0.5, 0.6) is 0 Å². The molecule has 1 rings (SSSR count). The number of hydrogen-bond acceptors (Lipinski definition) is 3. The molecule has 0 aliphatic carbocycles. The second-order valence-corrected chi connectivity index (χ2v) is 3.53. The molecule has 9 heteroatoms. The van der Waals surface area contributed by atoms with Gasteiger partial charge in [0.25, 0.3) is 5.69 Å². The van der Waals surface area contributed by atoms with E-state index in [0.717, 1.165) is 12.1 Å². The summed E-state index contributed by atoms with van der Waals surface area (Å²) in [4.78, 5) is 12.1. The average Bonchev–Trinajstić information content (AvgIpc) is 2.37. The van der Waals surface area contributed by atoms with Crippen molar-refractivity contribution < 1.29 is 18.1 Å². The zero-order valence-electron chi connectivity index (χ0n) is 9.89. The van der Waals surface area contributed by atoms with Gasteiger partial charge in [-0.1, -0.05) is 17.0 Å². The van der Waals surface area contributed by atoms with Crippen LogP contribution in [0.3, 0.4) is 0 Å². The van der Waals surface area contributed by atoms with Crippen LogP contribution in [-0.2, 0) is 6.18 Å². The lowest BCUT2D eigenvalue weighted by atomic mass is 10.1. The van der Waals surface area contributed by atoms with Crippen molar-refractivity contribution in [3.05, 3.63) is 49.9 Å². The van der Waals surface area contributed by atoms with E-state index in [1.807, 2.05) is 0 Å². The zero-order chi connectivity index (χ0) is 15.2. The lowest BCUT2D eigenvalue weighted by molar-refractivity contribution is -0.385. The summed E-state index contributed by atoms with van der Waals surface area (Å²) in [5.74, 6) is 4.85. The molecule has 0 spiro atoms. The summed E-state index contributed by atoms with van der Waals surface area (Å²) in [5, 5.41) is 13.8. The van der Waals surface area contributed by atoms with Crippen LogP contribution in [0.15, 0.2) is 23.3 Å². The van der Waals surface area contributed by atoms with Crippen molar-refractivity contribution in [2.75, 3.05) is 6.54 Å². The zero-order valence-corrected chi connectivity index (χ0v) is 9.89. The summed E-state index contributed by atoms with van der Waals surface area (Å²) in [6.07, 6.45) is -4.54. The Morgan fingerprint density at radius 3 is 2.65 bits per heavy atom. The number of rotatable bonds is 3. The minimum Gasteiger partial charge on any atom is -0.258 e. The third kappa shape index (κ3) is 4.51. The van der Waals surface area contributed by atoms with Crippen LogP contribution in [0.4, 0.5) is 18.9 Å². The van der Waals surface area contributed by atoms with Crippen molar-refractivity contribution in [1.82, 2.24) is 0 Å². The molecule has 0 atom stereocenters. The molecule has 0 aliphatic rings. The summed E-state index contributed by atoms with van der Waals surface area (Å²) in [6.45, 7) is 0.0740. The molecule has 6 nitrogen and oxygen atoms in total. The van der Waals surface area contributed by atoms with Crippen molar-refractivity contribution in [2.45, 2.75) is 12.6 Å². The number of hydrogen-bond donors (Lipinski definition) is 0. The lowest BCUT2D eigenvalue weighted by Gasteiger charge is -2.06. The summed E-state index contributed by atoms with van der Waals surface area (Å²) in [6, 6.07) is 2.13. The third-order valence-electron chi connectivity index (χ3n) is 2.09. The van der Waals surface area contributed by atoms with E-state index >= 15 is 0 Å². The monoisotopic (exact) mass is 284 g/mol. The Morgan fingerprint density at radius 1 is 1.40 bits per heavy atom. The van der Waals surface area contributed by atoms with E-state index in [-0.39, 0.29) is 18.5 Å². The molecule has 0 radical (unpaired) electrons. The molecule has 0 bridgehead atoms. The molecule has 0 heterocycles. The van der Waals surface area contributed by atoms with Gasteiger partial charge in [0.1, 0.15) is 0 Å². The first-order chi connectivity index (χ1) is 9.34. The molecule has 1 aromatic rings. The van der Waals surface area contributed by atoms with E-state index in [0.29, 0.717) is 6.07 Å². The maximum atomic E-state index is 12.6. The molecule has 0 fully saturated rings. The highest BCUT2D eigenvalue weighted by atomic mass is 19.4. The second-order valence-electron chi connectivity index (χ2n) is 3.53. The first-order valence-corrected chi connectivity index (χ1v) is 5.21. The predicted octanol–water partition coefficient (Wildman–Crippen LogP) is 3.67. The highest BCUT2D eigenvalue weighted by Crippen LogP contribution is 2.32. The van der Waals surface area contributed by atoms with Crippen LogP contribution < -0.4 is 0 Å². The fraction of sp³-hybridized carbons (Fsp3) is 0.273. The largest absolute Gasteiger partial charge is 0.416 e. The summed E-state index contributed by atoms with van der Waals surface area (Å²) < 4.78 is 37.7. The molecular weight excluding hydrogens is 277 g/mol. The van der Waals surface area contributed by atoms with Crippen LogP contribution >= 0.6 is 0 Å². The normalized spacial score (nSPS) is 10.2. The van der Waals surface area contributed by atoms with Gasteiger partial charge >= 0.3 is 6.18 Å². The van der Waals surface area contributed by atoms with Gasteiger partial charge in [0.2, 0.25) is 0 Å². The Morgan fingerprint density at radius 2 is 2.10 bits per heavy atom. The van der Waals surface area contributed by atoms with Crippen LogP contribution in [0.25, 0.3) is 10.4 Å². The summed E-state index contributed by atoms with van der Waals surface area (Å²) in [5.41, 5.74) is 6.08. The van der Waals surface area contributed by atoms with Gasteiger partial charge in [-0.2, -0.15) is 13.2 Å². The van der Waals surface area contributed by atoms with Gasteiger partial charge in [0.15, 0.2) is 0 Å². The Labute approximate surface area is 111 Å². The highest BCUT2D eigenvalue weighted by molar-refractivity contribution is 5.47. The smallest absolute Gasteiger partial charge is 0.258 e. The standard InChI is InChI=1S/C11H7F3N4O2/c12-11(13,14)9-5-8(3-1-2-4-16-17-15)6-10(7-9)18(19)20/h5-7H,2,4H2. The Bertz CT molecular complexity index is 625. The number of benzene rings is 1. The van der Waals surface area contributed by atoms with Crippen LogP contribution in [-0.4, -0.2) is 11.5 Å². The fourth-order valence-corrected chi connectivity index (χ4v) is 1.27. The van der Waals surface area contributed by atoms with Gasteiger partial charge in [-0.05, 0) is 11.6 Å². The SMILES string of the molecule is [N-]=[N+]=NCCC#Cc1cc([N+](=O)[O-])cc(C(F)(F)F)c1. The van der Waals surface area contributed by atoms with Crippen LogP contribution in [0.1, 0.15) is 17.5 Å². The van der Waals surface area contributed by atoms with Gasteiger partial charge in [0, 0.05) is 35.6 Å². The molecule has 1 aromatic carbocycles. The Kier molecular flexibility index (Phi) is 4.94. The van der Waals surface area contributed by atoms with Crippen molar-refractivity contribution in [2.24, 2.45) is 5.11 Å². The summed E-state index contributed by atoms with van der Waals surface area (Å²) in [7, 11) is 0. The Hall–Kier alpha value is -2.72. The maximum absolute atomic E-state index is 12.6. The number of nitrogens with zero attached hydrogens (tertiary/aromatic N) is 4. The number of non-ortho nitro benzene ring substituents is 1. The minimum atomic E-state index is -4.69. The van der Waals surface area contributed by atoms with E-state index < -0.39 is 22.4 Å². The second kappa shape index (κ2) is 6.45. The topological polar surface area (TPSA) is 91.9 Å². The number of azide groups is 1. The first kappa shape index (κ1) is 15.3. The van der Waals surface area contributed by atoms with Crippen molar-refractivity contribution in [3.8, 4) is 11.8 Å². The van der Waals surface area contributed by atoms with Gasteiger partial charge in [0.05, 0.1) is 10.5 Å².